The Kier molecular flexibility index (Phi) is 4.53. The molecule has 0 spiro atoms. The maximum Gasteiger partial charge on any atom is 0.514 e. The maximum absolute atomic E-state index is 11.6. The standard InChI is InChI=1S/C15H14O4/c16-11-14(12-7-3-1-4-8-12)19-15(17)18-13-9-5-2-6-10-13/h1-10,14,16H,11H2. The Balaban J connectivity index is 1.97. The Labute approximate surface area is 111 Å². The van der Waals surface area contributed by atoms with Crippen LogP contribution in [0.25, 0.3) is 0 Å². The van der Waals surface area contributed by atoms with E-state index in [1.165, 1.54) is 0 Å². The van der Waals surface area contributed by atoms with Gasteiger partial charge >= 0.3 is 6.16 Å². The highest BCUT2D eigenvalue weighted by atomic mass is 16.7. The Morgan fingerprint density at radius 3 is 2.16 bits per heavy atom. The second kappa shape index (κ2) is 6.56. The lowest BCUT2D eigenvalue weighted by Crippen LogP contribution is -2.17. The Morgan fingerprint density at radius 1 is 1.00 bits per heavy atom. The van der Waals surface area contributed by atoms with Gasteiger partial charge in [-0.25, -0.2) is 4.79 Å². The largest absolute Gasteiger partial charge is 0.514 e. The molecule has 0 radical (unpaired) electrons. The van der Waals surface area contributed by atoms with Crippen LogP contribution in [-0.2, 0) is 4.74 Å². The number of ether oxygens (including phenoxy) is 2. The van der Waals surface area contributed by atoms with E-state index < -0.39 is 12.3 Å². The predicted molar refractivity (Wildman–Crippen MR) is 69.8 cm³/mol. The lowest BCUT2D eigenvalue weighted by molar-refractivity contribution is 0.0284. The van der Waals surface area contributed by atoms with Crippen LogP contribution in [-0.4, -0.2) is 17.9 Å². The van der Waals surface area contributed by atoms with Gasteiger partial charge in [-0.05, 0) is 17.7 Å². The van der Waals surface area contributed by atoms with E-state index in [1.54, 1.807) is 36.4 Å². The normalized spacial score (nSPS) is 11.6. The van der Waals surface area contributed by atoms with Crippen molar-refractivity contribution in [3.63, 3.8) is 0 Å². The van der Waals surface area contributed by atoms with Crippen LogP contribution < -0.4 is 4.74 Å². The molecule has 4 heteroatoms. The highest BCUT2D eigenvalue weighted by Crippen LogP contribution is 2.18. The zero-order chi connectivity index (χ0) is 13.5. The molecule has 2 aromatic rings. The molecule has 1 unspecified atom stereocenters. The average Bonchev–Trinajstić information content (AvgIpc) is 2.47. The van der Waals surface area contributed by atoms with Gasteiger partial charge in [-0.2, -0.15) is 0 Å². The van der Waals surface area contributed by atoms with Crippen LogP contribution in [0.1, 0.15) is 11.7 Å². The van der Waals surface area contributed by atoms with Crippen molar-refractivity contribution >= 4 is 6.16 Å². The minimum atomic E-state index is -0.839. The van der Waals surface area contributed by atoms with Gasteiger partial charge in [0.15, 0.2) is 6.10 Å². The van der Waals surface area contributed by atoms with Gasteiger partial charge in [-0.15, -0.1) is 0 Å². The summed E-state index contributed by atoms with van der Waals surface area (Å²) in [6.07, 6.45) is -1.56. The predicted octanol–water partition coefficient (Wildman–Crippen LogP) is 2.94. The van der Waals surface area contributed by atoms with E-state index in [1.807, 2.05) is 24.3 Å². The fourth-order valence-corrected chi connectivity index (χ4v) is 1.60. The fraction of sp³-hybridized carbons (Fsp3) is 0.133. The number of benzene rings is 2. The lowest BCUT2D eigenvalue weighted by Gasteiger charge is -2.15. The molecule has 0 aromatic heterocycles. The molecule has 98 valence electrons. The number of carbonyl (C=O) groups is 1. The fourth-order valence-electron chi connectivity index (χ4n) is 1.60. The molecule has 0 saturated carbocycles. The van der Waals surface area contributed by atoms with Gasteiger partial charge in [0.25, 0.3) is 0 Å². The molecule has 2 aromatic carbocycles. The molecule has 19 heavy (non-hydrogen) atoms. The van der Waals surface area contributed by atoms with Crippen molar-refractivity contribution in [2.75, 3.05) is 6.61 Å². The molecule has 0 fully saturated rings. The Hall–Kier alpha value is -2.33. The quantitative estimate of drug-likeness (QED) is 0.676. The van der Waals surface area contributed by atoms with E-state index in [0.29, 0.717) is 5.75 Å². The van der Waals surface area contributed by atoms with Crippen molar-refractivity contribution in [2.45, 2.75) is 6.10 Å². The van der Waals surface area contributed by atoms with Gasteiger partial charge in [0.05, 0.1) is 6.61 Å². The molecule has 2 rings (SSSR count). The summed E-state index contributed by atoms with van der Waals surface area (Å²) in [5.74, 6) is 0.400. The number of para-hydroxylation sites is 1. The third-order valence-corrected chi connectivity index (χ3v) is 2.52. The second-order valence-corrected chi connectivity index (χ2v) is 3.86. The molecule has 0 heterocycles. The second-order valence-electron chi connectivity index (χ2n) is 3.86. The lowest BCUT2D eigenvalue weighted by atomic mass is 10.1. The summed E-state index contributed by atoms with van der Waals surface area (Å²) in [6, 6.07) is 17.6. The van der Waals surface area contributed by atoms with E-state index in [-0.39, 0.29) is 6.61 Å². The minimum absolute atomic E-state index is 0.298. The molecule has 0 bridgehead atoms. The SMILES string of the molecule is O=C(Oc1ccccc1)OC(CO)c1ccccc1. The molecule has 0 aliphatic rings. The first kappa shape index (κ1) is 13.1. The summed E-state index contributed by atoms with van der Waals surface area (Å²) in [4.78, 5) is 11.6. The molecule has 0 aliphatic carbocycles. The molecule has 4 nitrogen and oxygen atoms in total. The highest BCUT2D eigenvalue weighted by Gasteiger charge is 2.17. The minimum Gasteiger partial charge on any atom is -0.423 e. The molecule has 0 amide bonds. The summed E-state index contributed by atoms with van der Waals surface area (Å²) in [7, 11) is 0. The number of aliphatic hydroxyl groups is 1. The third-order valence-electron chi connectivity index (χ3n) is 2.52. The van der Waals surface area contributed by atoms with Crippen molar-refractivity contribution in [3.8, 4) is 5.75 Å². The Morgan fingerprint density at radius 2 is 1.58 bits per heavy atom. The van der Waals surface area contributed by atoms with Gasteiger partial charge in [0.1, 0.15) is 5.75 Å². The summed E-state index contributed by atoms with van der Waals surface area (Å²) in [6.45, 7) is -0.298. The van der Waals surface area contributed by atoms with Crippen molar-refractivity contribution in [2.24, 2.45) is 0 Å². The van der Waals surface area contributed by atoms with E-state index in [4.69, 9.17) is 9.47 Å². The molecule has 1 atom stereocenters. The Bertz CT molecular complexity index is 510. The van der Waals surface area contributed by atoms with Crippen molar-refractivity contribution in [1.29, 1.82) is 0 Å². The molecule has 1 N–H and O–H groups in total. The van der Waals surface area contributed by atoms with Crippen LogP contribution in [0.2, 0.25) is 0 Å². The third kappa shape index (κ3) is 3.82. The summed E-state index contributed by atoms with van der Waals surface area (Å²) in [5, 5.41) is 9.26. The van der Waals surface area contributed by atoms with E-state index in [2.05, 4.69) is 0 Å². The maximum atomic E-state index is 11.6. The van der Waals surface area contributed by atoms with Gasteiger partial charge in [0.2, 0.25) is 0 Å². The smallest absolute Gasteiger partial charge is 0.423 e. The van der Waals surface area contributed by atoms with Crippen LogP contribution >= 0.6 is 0 Å². The van der Waals surface area contributed by atoms with Gasteiger partial charge < -0.3 is 14.6 Å². The topological polar surface area (TPSA) is 55.8 Å². The number of rotatable bonds is 4. The number of carbonyl (C=O) groups excluding carboxylic acids is 1. The summed E-state index contributed by atoms with van der Waals surface area (Å²) < 4.78 is 10.1. The molecular formula is C15H14O4. The summed E-state index contributed by atoms with van der Waals surface area (Å²) in [5.41, 5.74) is 0.718. The highest BCUT2D eigenvalue weighted by molar-refractivity contribution is 5.64. The van der Waals surface area contributed by atoms with E-state index >= 15 is 0 Å². The van der Waals surface area contributed by atoms with Crippen LogP contribution in [0.15, 0.2) is 60.7 Å². The average molecular weight is 258 g/mol. The monoisotopic (exact) mass is 258 g/mol. The molecule has 0 saturated heterocycles. The van der Waals surface area contributed by atoms with Crippen molar-refractivity contribution in [3.05, 3.63) is 66.2 Å². The van der Waals surface area contributed by atoms with Crippen LogP contribution in [0.3, 0.4) is 0 Å². The first-order valence-corrected chi connectivity index (χ1v) is 5.89. The first-order chi connectivity index (χ1) is 9.29. The molecule has 0 aliphatic heterocycles. The number of aliphatic hydroxyl groups excluding tert-OH is 1. The number of hydrogen-bond donors (Lipinski definition) is 1. The van der Waals surface area contributed by atoms with Gasteiger partial charge in [0, 0.05) is 0 Å². The van der Waals surface area contributed by atoms with Crippen LogP contribution in [0.4, 0.5) is 4.79 Å². The zero-order valence-corrected chi connectivity index (χ0v) is 10.2. The van der Waals surface area contributed by atoms with Gasteiger partial charge in [-0.3, -0.25) is 0 Å². The van der Waals surface area contributed by atoms with Crippen molar-refractivity contribution in [1.82, 2.24) is 0 Å². The van der Waals surface area contributed by atoms with Crippen LogP contribution in [0, 0.1) is 0 Å². The number of hydrogen-bond acceptors (Lipinski definition) is 4. The van der Waals surface area contributed by atoms with Gasteiger partial charge in [-0.1, -0.05) is 48.5 Å². The van der Waals surface area contributed by atoms with Crippen LogP contribution in [0.5, 0.6) is 5.75 Å². The van der Waals surface area contributed by atoms with E-state index in [9.17, 15) is 9.90 Å². The summed E-state index contributed by atoms with van der Waals surface area (Å²) >= 11 is 0. The van der Waals surface area contributed by atoms with E-state index in [0.717, 1.165) is 5.56 Å². The first-order valence-electron chi connectivity index (χ1n) is 5.89. The van der Waals surface area contributed by atoms with Crippen molar-refractivity contribution < 1.29 is 19.4 Å². The zero-order valence-electron chi connectivity index (χ0n) is 10.2. The molecular weight excluding hydrogens is 244 g/mol.